The molecule has 1 unspecified atom stereocenters. The summed E-state index contributed by atoms with van der Waals surface area (Å²) in [5.74, 6) is -1.13. The number of aliphatic hydroxyl groups is 1. The van der Waals surface area contributed by atoms with Gasteiger partial charge in [0.15, 0.2) is 0 Å². The van der Waals surface area contributed by atoms with Crippen LogP contribution in [-0.4, -0.2) is 36.8 Å². The van der Waals surface area contributed by atoms with Gasteiger partial charge in [-0.1, -0.05) is 0 Å². The highest BCUT2D eigenvalue weighted by atomic mass is 16.8. The Morgan fingerprint density at radius 1 is 1.88 bits per heavy atom. The Morgan fingerprint density at radius 3 is 2.50 bits per heavy atom. The van der Waals surface area contributed by atoms with Gasteiger partial charge in [-0.3, -0.25) is 4.84 Å². The van der Waals surface area contributed by atoms with Crippen LogP contribution in [0.5, 0.6) is 0 Å². The molecule has 8 heavy (non-hydrogen) atoms. The smallest absolute Gasteiger partial charge is 0.274 e. The van der Waals surface area contributed by atoms with Crippen molar-refractivity contribution in [1.82, 2.24) is 5.06 Å². The van der Waals surface area contributed by atoms with E-state index in [4.69, 9.17) is 5.11 Å². The van der Waals surface area contributed by atoms with Crippen LogP contribution < -0.4 is 0 Å². The first kappa shape index (κ1) is 5.97. The minimum atomic E-state index is -1.13. The quantitative estimate of drug-likeness (QED) is 0.292. The summed E-state index contributed by atoms with van der Waals surface area (Å²) in [7, 11) is 3.08. The molecule has 0 spiro atoms. The van der Waals surface area contributed by atoms with E-state index in [1.54, 1.807) is 7.05 Å². The van der Waals surface area contributed by atoms with E-state index in [1.807, 2.05) is 0 Å². The lowest BCUT2D eigenvalue weighted by Gasteiger charge is -2.15. The standard InChI is InChI=1S/C4H9NO3/c1-5(7-2)4(6)3-8-4/h6H,3H2,1-2H3. The number of epoxide rings is 1. The van der Waals surface area contributed by atoms with E-state index in [0.717, 1.165) is 0 Å². The molecule has 1 atom stereocenters. The number of likely N-dealkylation sites (N-methyl/N-ethyl adjacent to an activating group) is 1. The molecule has 4 heteroatoms. The normalized spacial score (nSPS) is 36.0. The number of rotatable bonds is 2. The lowest BCUT2D eigenvalue weighted by molar-refractivity contribution is -0.257. The summed E-state index contributed by atoms with van der Waals surface area (Å²) >= 11 is 0. The topological polar surface area (TPSA) is 45.2 Å². The van der Waals surface area contributed by atoms with Crippen LogP contribution in [0.2, 0.25) is 0 Å². The van der Waals surface area contributed by atoms with Gasteiger partial charge in [-0.25, -0.2) is 0 Å². The molecule has 1 fully saturated rings. The predicted molar refractivity (Wildman–Crippen MR) is 25.7 cm³/mol. The molecule has 1 N–H and O–H groups in total. The molecule has 48 valence electrons. The summed E-state index contributed by atoms with van der Waals surface area (Å²) in [5, 5.41) is 10.2. The fourth-order valence-electron chi connectivity index (χ4n) is 0.389. The van der Waals surface area contributed by atoms with Crippen molar-refractivity contribution in [1.29, 1.82) is 0 Å². The summed E-state index contributed by atoms with van der Waals surface area (Å²) in [4.78, 5) is 4.64. The Labute approximate surface area is 47.6 Å². The highest BCUT2D eigenvalue weighted by Crippen LogP contribution is 2.25. The largest absolute Gasteiger partial charge is 0.350 e. The second-order valence-electron chi connectivity index (χ2n) is 1.71. The summed E-state index contributed by atoms with van der Waals surface area (Å²) in [6.07, 6.45) is 0. The maximum absolute atomic E-state index is 8.98. The average molecular weight is 119 g/mol. The summed E-state index contributed by atoms with van der Waals surface area (Å²) < 4.78 is 4.61. The van der Waals surface area contributed by atoms with Crippen molar-refractivity contribution in [2.75, 3.05) is 20.8 Å². The van der Waals surface area contributed by atoms with Crippen molar-refractivity contribution in [2.24, 2.45) is 0 Å². The van der Waals surface area contributed by atoms with Gasteiger partial charge in [-0.15, -0.1) is 5.06 Å². The van der Waals surface area contributed by atoms with E-state index in [0.29, 0.717) is 6.61 Å². The van der Waals surface area contributed by atoms with E-state index in [9.17, 15) is 0 Å². The maximum atomic E-state index is 8.98. The van der Waals surface area contributed by atoms with Crippen LogP contribution in [0.3, 0.4) is 0 Å². The molecule has 0 saturated carbocycles. The van der Waals surface area contributed by atoms with Gasteiger partial charge in [-0.2, -0.15) is 0 Å². The Morgan fingerprint density at radius 2 is 2.38 bits per heavy atom. The van der Waals surface area contributed by atoms with Gasteiger partial charge in [0.2, 0.25) is 0 Å². The number of ether oxygens (including phenoxy) is 1. The molecule has 1 rings (SSSR count). The molecule has 0 aliphatic carbocycles. The molecule has 4 nitrogen and oxygen atoms in total. The van der Waals surface area contributed by atoms with E-state index < -0.39 is 5.91 Å². The molecule has 0 radical (unpaired) electrons. The highest BCUT2D eigenvalue weighted by molar-refractivity contribution is 4.72. The van der Waals surface area contributed by atoms with Crippen LogP contribution in [0.25, 0.3) is 0 Å². The van der Waals surface area contributed by atoms with Crippen LogP contribution in [0.4, 0.5) is 0 Å². The zero-order chi connectivity index (χ0) is 6.20. The number of hydrogen-bond acceptors (Lipinski definition) is 4. The third kappa shape index (κ3) is 0.830. The predicted octanol–water partition coefficient (Wildman–Crippen LogP) is -0.844. The molecule has 0 bridgehead atoms. The van der Waals surface area contributed by atoms with E-state index in [2.05, 4.69) is 9.57 Å². The first-order valence-electron chi connectivity index (χ1n) is 2.33. The number of hydrogen-bond donors (Lipinski definition) is 1. The molecule has 1 aliphatic heterocycles. The van der Waals surface area contributed by atoms with Crippen molar-refractivity contribution in [3.05, 3.63) is 0 Å². The van der Waals surface area contributed by atoms with Crippen molar-refractivity contribution >= 4 is 0 Å². The zero-order valence-corrected chi connectivity index (χ0v) is 4.92. The minimum absolute atomic E-state index is 0.331. The first-order chi connectivity index (χ1) is 3.69. The van der Waals surface area contributed by atoms with Crippen molar-refractivity contribution in [3.63, 3.8) is 0 Å². The molecule has 1 aliphatic rings. The summed E-state index contributed by atoms with van der Waals surface area (Å²) in [6, 6.07) is 0. The number of nitrogens with zero attached hydrogens (tertiary/aromatic N) is 1. The minimum Gasteiger partial charge on any atom is -0.350 e. The third-order valence-corrected chi connectivity index (χ3v) is 1.17. The van der Waals surface area contributed by atoms with Gasteiger partial charge in [0.25, 0.3) is 5.91 Å². The molecule has 1 saturated heterocycles. The van der Waals surface area contributed by atoms with E-state index in [1.165, 1.54) is 12.2 Å². The average Bonchev–Trinajstić information content (AvgIpc) is 2.47. The van der Waals surface area contributed by atoms with Gasteiger partial charge in [0.1, 0.15) is 6.61 Å². The highest BCUT2D eigenvalue weighted by Gasteiger charge is 2.48. The summed E-state index contributed by atoms with van der Waals surface area (Å²) in [6.45, 7) is 0.331. The van der Waals surface area contributed by atoms with Crippen LogP contribution in [0, 0.1) is 0 Å². The lowest BCUT2D eigenvalue weighted by atomic mass is 10.7. The van der Waals surface area contributed by atoms with Crippen LogP contribution in [-0.2, 0) is 9.57 Å². The Kier molecular flexibility index (Phi) is 1.24. The molecule has 1 heterocycles. The van der Waals surface area contributed by atoms with Crippen LogP contribution in [0.1, 0.15) is 0 Å². The molecular formula is C4H9NO3. The molecule has 0 aromatic carbocycles. The fourth-order valence-corrected chi connectivity index (χ4v) is 0.389. The molecule has 0 aromatic rings. The Hall–Kier alpha value is -0.160. The molecule has 0 aromatic heterocycles. The van der Waals surface area contributed by atoms with Gasteiger partial charge in [0.05, 0.1) is 7.11 Å². The van der Waals surface area contributed by atoms with Gasteiger partial charge in [-0.05, 0) is 0 Å². The number of hydroxylamine groups is 2. The Balaban J connectivity index is 2.34. The van der Waals surface area contributed by atoms with Crippen molar-refractivity contribution in [2.45, 2.75) is 5.91 Å². The molecule has 0 amide bonds. The fraction of sp³-hybridized carbons (Fsp3) is 1.00. The van der Waals surface area contributed by atoms with Crippen LogP contribution in [0.15, 0.2) is 0 Å². The SMILES string of the molecule is CON(C)C1(O)CO1. The lowest BCUT2D eigenvalue weighted by Crippen LogP contribution is -2.33. The van der Waals surface area contributed by atoms with Crippen LogP contribution >= 0.6 is 0 Å². The second-order valence-corrected chi connectivity index (χ2v) is 1.71. The monoisotopic (exact) mass is 119 g/mol. The van der Waals surface area contributed by atoms with E-state index in [-0.39, 0.29) is 0 Å². The third-order valence-electron chi connectivity index (χ3n) is 1.17. The van der Waals surface area contributed by atoms with Gasteiger partial charge < -0.3 is 9.84 Å². The second kappa shape index (κ2) is 1.66. The first-order valence-corrected chi connectivity index (χ1v) is 2.33. The Bertz CT molecular complexity index is 91.3. The van der Waals surface area contributed by atoms with Gasteiger partial charge >= 0.3 is 0 Å². The molecular weight excluding hydrogens is 110 g/mol. The maximum Gasteiger partial charge on any atom is 0.274 e. The van der Waals surface area contributed by atoms with Crippen molar-refractivity contribution in [3.8, 4) is 0 Å². The van der Waals surface area contributed by atoms with Gasteiger partial charge in [0, 0.05) is 7.05 Å². The zero-order valence-electron chi connectivity index (χ0n) is 4.92. The van der Waals surface area contributed by atoms with E-state index >= 15 is 0 Å². The summed E-state index contributed by atoms with van der Waals surface area (Å²) in [5.41, 5.74) is 0. The van der Waals surface area contributed by atoms with Crippen molar-refractivity contribution < 1.29 is 14.7 Å².